The molecule has 1 aliphatic heterocycles. The van der Waals surface area contributed by atoms with E-state index in [4.69, 9.17) is 4.74 Å². The minimum absolute atomic E-state index is 0.217. The maximum absolute atomic E-state index is 11.8. The largest absolute Gasteiger partial charge is 0.393 e. The molecule has 0 aromatic rings. The molecule has 1 heterocycles. The van der Waals surface area contributed by atoms with E-state index in [1.54, 1.807) is 0 Å². The Morgan fingerprint density at radius 2 is 1.61 bits per heavy atom. The molecule has 0 amide bonds. The number of carbonyl (C=O) groups is 2. The molecule has 0 bridgehead atoms. The summed E-state index contributed by atoms with van der Waals surface area (Å²) in [5, 5.41) is 0. The number of hydrogen-bond donors (Lipinski definition) is 0. The highest BCUT2D eigenvalue weighted by atomic mass is 16.6. The van der Waals surface area contributed by atoms with Crippen LogP contribution in [-0.4, -0.2) is 11.9 Å². The first-order valence-electron chi connectivity index (χ1n) is 6.84. The average Bonchev–Trinajstić information content (AvgIpc) is 2.50. The van der Waals surface area contributed by atoms with Gasteiger partial charge in [-0.2, -0.15) is 0 Å². The Balaban J connectivity index is 2.79. The highest BCUT2D eigenvalue weighted by molar-refractivity contribution is 5.96. The van der Waals surface area contributed by atoms with E-state index in [1.165, 1.54) is 0 Å². The zero-order chi connectivity index (χ0) is 14.1. The lowest BCUT2D eigenvalue weighted by Gasteiger charge is -2.29. The van der Waals surface area contributed by atoms with E-state index in [0.29, 0.717) is 0 Å². The summed E-state index contributed by atoms with van der Waals surface area (Å²) in [6, 6.07) is 0. The molecule has 0 aromatic carbocycles. The van der Waals surface area contributed by atoms with Gasteiger partial charge in [-0.15, -0.1) is 0 Å². The van der Waals surface area contributed by atoms with Crippen molar-refractivity contribution in [1.29, 1.82) is 0 Å². The molecule has 1 fully saturated rings. The van der Waals surface area contributed by atoms with Gasteiger partial charge in [0.05, 0.1) is 11.8 Å². The molecule has 1 rings (SSSR count). The minimum Gasteiger partial charge on any atom is -0.393 e. The summed E-state index contributed by atoms with van der Waals surface area (Å²) in [5.74, 6) is -1.22. The van der Waals surface area contributed by atoms with Crippen molar-refractivity contribution in [1.82, 2.24) is 0 Å². The fourth-order valence-corrected chi connectivity index (χ4v) is 2.50. The van der Waals surface area contributed by atoms with E-state index in [2.05, 4.69) is 20.8 Å². The molecule has 3 nitrogen and oxygen atoms in total. The van der Waals surface area contributed by atoms with Gasteiger partial charge in [0.25, 0.3) is 0 Å². The van der Waals surface area contributed by atoms with Crippen LogP contribution < -0.4 is 0 Å². The van der Waals surface area contributed by atoms with Crippen LogP contribution in [0.4, 0.5) is 0 Å². The normalized spacial score (nSPS) is 25.4. The van der Waals surface area contributed by atoms with Gasteiger partial charge in [0.15, 0.2) is 0 Å². The quantitative estimate of drug-likeness (QED) is 0.569. The fourth-order valence-electron chi connectivity index (χ4n) is 2.50. The van der Waals surface area contributed by atoms with E-state index < -0.39 is 0 Å². The van der Waals surface area contributed by atoms with Crippen LogP contribution in [0.25, 0.3) is 0 Å². The highest BCUT2D eigenvalue weighted by Gasteiger charge is 2.49. The summed E-state index contributed by atoms with van der Waals surface area (Å²) >= 11 is 0. The van der Waals surface area contributed by atoms with Gasteiger partial charge in [-0.1, -0.05) is 48.0 Å². The van der Waals surface area contributed by atoms with Gasteiger partial charge in [0.2, 0.25) is 0 Å². The summed E-state index contributed by atoms with van der Waals surface area (Å²) in [5.41, 5.74) is -0.00137. The molecule has 1 aliphatic rings. The number of hydrogen-bond acceptors (Lipinski definition) is 3. The maximum Gasteiger partial charge on any atom is 0.318 e. The Morgan fingerprint density at radius 1 is 1.06 bits per heavy atom. The second-order valence-corrected chi connectivity index (χ2v) is 7.25. The van der Waals surface area contributed by atoms with Crippen molar-refractivity contribution in [3.05, 3.63) is 0 Å². The van der Waals surface area contributed by atoms with Gasteiger partial charge in [-0.25, -0.2) is 0 Å². The first-order chi connectivity index (χ1) is 8.08. The Morgan fingerprint density at radius 3 is 2.06 bits per heavy atom. The van der Waals surface area contributed by atoms with Crippen molar-refractivity contribution in [2.75, 3.05) is 0 Å². The third-order valence-corrected chi connectivity index (χ3v) is 4.18. The van der Waals surface area contributed by atoms with E-state index in [-0.39, 0.29) is 34.6 Å². The Labute approximate surface area is 110 Å². The van der Waals surface area contributed by atoms with Crippen LogP contribution in [0.1, 0.15) is 60.8 Å². The fraction of sp³-hybridized carbons (Fsp3) is 0.867. The van der Waals surface area contributed by atoms with Crippen LogP contribution in [0.5, 0.6) is 0 Å². The second kappa shape index (κ2) is 5.02. The number of ether oxygens (including phenoxy) is 1. The summed E-state index contributed by atoms with van der Waals surface area (Å²) in [6.07, 6.45) is 2.76. The summed E-state index contributed by atoms with van der Waals surface area (Å²) in [7, 11) is 0. The Bertz CT molecular complexity index is 336. The molecule has 2 atom stereocenters. The van der Waals surface area contributed by atoms with Crippen molar-refractivity contribution in [2.24, 2.45) is 22.7 Å². The molecular weight excluding hydrogens is 228 g/mol. The predicted molar refractivity (Wildman–Crippen MR) is 70.8 cm³/mol. The van der Waals surface area contributed by atoms with E-state index in [9.17, 15) is 9.59 Å². The van der Waals surface area contributed by atoms with Crippen LogP contribution in [-0.2, 0) is 14.3 Å². The van der Waals surface area contributed by atoms with Crippen LogP contribution in [0.15, 0.2) is 0 Å². The summed E-state index contributed by atoms with van der Waals surface area (Å²) in [4.78, 5) is 23.6. The van der Waals surface area contributed by atoms with Crippen molar-refractivity contribution in [3.8, 4) is 0 Å². The minimum atomic E-state index is -0.341. The molecule has 1 saturated heterocycles. The molecule has 0 radical (unpaired) electrons. The third kappa shape index (κ3) is 3.33. The van der Waals surface area contributed by atoms with Gasteiger partial charge >= 0.3 is 11.9 Å². The van der Waals surface area contributed by atoms with E-state index in [1.807, 2.05) is 20.8 Å². The lowest BCUT2D eigenvalue weighted by molar-refractivity contribution is -0.154. The zero-order valence-corrected chi connectivity index (χ0v) is 12.5. The Hall–Kier alpha value is -0.860. The van der Waals surface area contributed by atoms with Gasteiger partial charge in [0.1, 0.15) is 0 Å². The smallest absolute Gasteiger partial charge is 0.318 e. The zero-order valence-electron chi connectivity index (χ0n) is 12.5. The van der Waals surface area contributed by atoms with E-state index >= 15 is 0 Å². The van der Waals surface area contributed by atoms with Crippen molar-refractivity contribution in [3.63, 3.8) is 0 Å². The van der Waals surface area contributed by atoms with Crippen LogP contribution in [0, 0.1) is 22.7 Å². The van der Waals surface area contributed by atoms with Gasteiger partial charge in [-0.3, -0.25) is 9.59 Å². The Kier molecular flexibility index (Phi) is 4.24. The number of carbonyl (C=O) groups excluding carboxylic acids is 2. The molecule has 2 unspecified atom stereocenters. The van der Waals surface area contributed by atoms with Gasteiger partial charge in [-0.05, 0) is 23.7 Å². The molecule has 18 heavy (non-hydrogen) atoms. The van der Waals surface area contributed by atoms with E-state index in [0.717, 1.165) is 19.3 Å². The molecule has 3 heteroatoms. The molecule has 0 aliphatic carbocycles. The second-order valence-electron chi connectivity index (χ2n) is 7.25. The standard InChI is InChI=1S/C15H26O3/c1-7-15(5,6)9-8-10-11(14(2,3)4)13(17)18-12(10)16/h10-11H,7-9H2,1-6H3. The molecule has 0 saturated carbocycles. The summed E-state index contributed by atoms with van der Waals surface area (Å²) < 4.78 is 4.83. The van der Waals surface area contributed by atoms with Gasteiger partial charge < -0.3 is 4.74 Å². The maximum atomic E-state index is 11.8. The van der Waals surface area contributed by atoms with Gasteiger partial charge in [0, 0.05) is 0 Å². The average molecular weight is 254 g/mol. The monoisotopic (exact) mass is 254 g/mol. The van der Waals surface area contributed by atoms with Crippen LogP contribution >= 0.6 is 0 Å². The van der Waals surface area contributed by atoms with Crippen molar-refractivity contribution < 1.29 is 14.3 Å². The number of rotatable bonds is 4. The topological polar surface area (TPSA) is 43.4 Å². The lowest BCUT2D eigenvalue weighted by atomic mass is 9.71. The molecule has 104 valence electrons. The van der Waals surface area contributed by atoms with Crippen LogP contribution in [0.2, 0.25) is 0 Å². The molecule has 0 spiro atoms. The van der Waals surface area contributed by atoms with Crippen LogP contribution in [0.3, 0.4) is 0 Å². The first kappa shape index (κ1) is 15.2. The molecular formula is C15H26O3. The highest BCUT2D eigenvalue weighted by Crippen LogP contribution is 2.42. The number of cyclic esters (lactones) is 2. The lowest BCUT2D eigenvalue weighted by Crippen LogP contribution is -2.31. The SMILES string of the molecule is CCC(C)(C)CCC1C(=O)OC(=O)C1C(C)(C)C. The van der Waals surface area contributed by atoms with Crippen molar-refractivity contribution >= 4 is 11.9 Å². The summed E-state index contributed by atoms with van der Waals surface area (Å²) in [6.45, 7) is 12.5. The number of esters is 2. The molecule has 0 N–H and O–H groups in total. The van der Waals surface area contributed by atoms with Crippen molar-refractivity contribution in [2.45, 2.75) is 60.8 Å². The third-order valence-electron chi connectivity index (χ3n) is 4.18. The molecule has 0 aromatic heterocycles. The first-order valence-corrected chi connectivity index (χ1v) is 6.84. The predicted octanol–water partition coefficient (Wildman–Crippen LogP) is 3.56.